The van der Waals surface area contributed by atoms with Crippen LogP contribution >= 0.6 is 0 Å². The van der Waals surface area contributed by atoms with E-state index in [0.717, 1.165) is 0 Å². The molecule has 1 aliphatic heterocycles. The Kier molecular flexibility index (Phi) is 11.3. The van der Waals surface area contributed by atoms with Crippen LogP contribution in [-0.2, 0) is 14.3 Å². The number of carbonyl (C=O) groups excluding carboxylic acids is 2. The normalized spacial score (nSPS) is 19.0. The second-order valence-corrected chi connectivity index (χ2v) is 5.81. The molecule has 0 saturated carbocycles. The Hall–Kier alpha value is -1.06. The second kappa shape index (κ2) is 10.6. The molecule has 126 valence electrons. The molecule has 0 bridgehead atoms. The van der Waals surface area contributed by atoms with Crippen LogP contribution < -0.4 is 0 Å². The maximum Gasteiger partial charge on any atom is 0.329 e. The lowest BCUT2D eigenvalue weighted by Gasteiger charge is -2.29. The fourth-order valence-corrected chi connectivity index (χ4v) is 2.10. The monoisotopic (exact) mass is 301 g/mol. The first-order valence-corrected chi connectivity index (χ1v) is 8.27. The summed E-state index contributed by atoms with van der Waals surface area (Å²) in [6.07, 6.45) is 1.15. The molecule has 0 N–H and O–H groups in total. The lowest BCUT2D eigenvalue weighted by molar-refractivity contribution is -0.163. The van der Waals surface area contributed by atoms with E-state index in [9.17, 15) is 9.59 Å². The zero-order valence-electron chi connectivity index (χ0n) is 15.4. The van der Waals surface area contributed by atoms with Gasteiger partial charge in [-0.2, -0.15) is 0 Å². The van der Waals surface area contributed by atoms with Crippen molar-refractivity contribution in [2.75, 3.05) is 6.54 Å². The predicted octanol–water partition coefficient (Wildman–Crippen LogP) is 4.03. The van der Waals surface area contributed by atoms with Crippen molar-refractivity contribution in [3.8, 4) is 0 Å². The van der Waals surface area contributed by atoms with Gasteiger partial charge in [-0.25, -0.2) is 4.79 Å². The van der Waals surface area contributed by atoms with Gasteiger partial charge in [0.1, 0.15) is 11.6 Å². The highest BCUT2D eigenvalue weighted by Crippen LogP contribution is 2.22. The van der Waals surface area contributed by atoms with Gasteiger partial charge in [0.25, 0.3) is 0 Å². The predicted molar refractivity (Wildman–Crippen MR) is 88.1 cm³/mol. The Labute approximate surface area is 131 Å². The van der Waals surface area contributed by atoms with E-state index in [-0.39, 0.29) is 11.9 Å². The van der Waals surface area contributed by atoms with Crippen molar-refractivity contribution in [2.24, 2.45) is 5.92 Å². The minimum atomic E-state index is -0.501. The lowest BCUT2D eigenvalue weighted by atomic mass is 10.1. The summed E-state index contributed by atoms with van der Waals surface area (Å²) in [5.41, 5.74) is -0.501. The number of esters is 1. The Bertz CT molecular complexity index is 308. The summed E-state index contributed by atoms with van der Waals surface area (Å²) < 4.78 is 5.35. The molecule has 2 unspecified atom stereocenters. The molecule has 4 heteroatoms. The first-order valence-electron chi connectivity index (χ1n) is 8.27. The van der Waals surface area contributed by atoms with Crippen LogP contribution in [0.3, 0.4) is 0 Å². The molecule has 21 heavy (non-hydrogen) atoms. The molecule has 4 nitrogen and oxygen atoms in total. The number of likely N-dealkylation sites (tertiary alicyclic amines) is 1. The van der Waals surface area contributed by atoms with Gasteiger partial charge in [0.2, 0.25) is 5.91 Å². The van der Waals surface area contributed by atoms with Crippen molar-refractivity contribution in [1.82, 2.24) is 4.90 Å². The Morgan fingerprint density at radius 3 is 2.05 bits per heavy atom. The molecule has 1 saturated heterocycles. The van der Waals surface area contributed by atoms with Crippen molar-refractivity contribution < 1.29 is 14.3 Å². The number of carbonyl (C=O) groups is 2. The van der Waals surface area contributed by atoms with Gasteiger partial charge in [0.15, 0.2) is 0 Å². The molecule has 0 aromatic rings. The van der Waals surface area contributed by atoms with Crippen molar-refractivity contribution in [2.45, 2.75) is 86.8 Å². The van der Waals surface area contributed by atoms with E-state index in [1.54, 1.807) is 4.90 Å². The number of hydrogen-bond acceptors (Lipinski definition) is 3. The minimum Gasteiger partial charge on any atom is -0.458 e. The zero-order chi connectivity index (χ0) is 17.2. The second-order valence-electron chi connectivity index (χ2n) is 5.81. The van der Waals surface area contributed by atoms with Gasteiger partial charge in [-0.3, -0.25) is 4.79 Å². The van der Waals surface area contributed by atoms with Crippen LogP contribution in [0.2, 0.25) is 0 Å². The highest BCUT2D eigenvalue weighted by molar-refractivity contribution is 5.86. The van der Waals surface area contributed by atoms with Crippen LogP contribution in [-0.4, -0.2) is 35.0 Å². The maximum atomic E-state index is 12.0. The highest BCUT2D eigenvalue weighted by atomic mass is 16.6. The fourth-order valence-electron chi connectivity index (χ4n) is 2.10. The van der Waals surface area contributed by atoms with Crippen LogP contribution in [0.1, 0.15) is 75.2 Å². The molecule has 2 atom stereocenters. The van der Waals surface area contributed by atoms with Gasteiger partial charge in [-0.15, -0.1) is 0 Å². The number of rotatable bonds is 3. The largest absolute Gasteiger partial charge is 0.458 e. The molecule has 0 aromatic carbocycles. The molecular weight excluding hydrogens is 266 g/mol. The topological polar surface area (TPSA) is 46.6 Å². The molecular formula is C17H35NO3. The van der Waals surface area contributed by atoms with E-state index in [0.29, 0.717) is 25.3 Å². The average Bonchev–Trinajstić information content (AvgIpc) is 2.72. The SMILES string of the molecule is CC.CC.CCC(C(=O)OC(C)(C)C)N1CC(C)CC1=O. The molecule has 1 fully saturated rings. The summed E-state index contributed by atoms with van der Waals surface area (Å²) in [5, 5.41) is 0. The molecule has 1 aliphatic rings. The standard InChI is InChI=1S/C13H23NO3.2C2H6/c1-6-10(12(16)17-13(3,4)5)14-8-9(2)7-11(14)15;2*1-2/h9-10H,6-8H2,1-5H3;2*1-2H3. The third-order valence-corrected chi connectivity index (χ3v) is 2.79. The number of amides is 1. The molecule has 0 radical (unpaired) electrons. The summed E-state index contributed by atoms with van der Waals surface area (Å²) in [4.78, 5) is 25.5. The first-order chi connectivity index (χ1) is 9.74. The van der Waals surface area contributed by atoms with Crippen LogP contribution in [0, 0.1) is 5.92 Å². The summed E-state index contributed by atoms with van der Waals surface area (Å²) in [7, 11) is 0. The van der Waals surface area contributed by atoms with Crippen molar-refractivity contribution in [1.29, 1.82) is 0 Å². The lowest BCUT2D eigenvalue weighted by Crippen LogP contribution is -2.44. The smallest absolute Gasteiger partial charge is 0.329 e. The first kappa shape index (κ1) is 22.2. The Morgan fingerprint density at radius 2 is 1.76 bits per heavy atom. The number of hydrogen-bond donors (Lipinski definition) is 0. The Balaban J connectivity index is 0. The summed E-state index contributed by atoms with van der Waals surface area (Å²) in [5.74, 6) is 0.108. The van der Waals surface area contributed by atoms with Gasteiger partial charge in [0, 0.05) is 13.0 Å². The van der Waals surface area contributed by atoms with Gasteiger partial charge in [-0.1, -0.05) is 41.5 Å². The number of ether oxygens (including phenoxy) is 1. The minimum absolute atomic E-state index is 0.0650. The van der Waals surface area contributed by atoms with Gasteiger partial charge < -0.3 is 9.64 Å². The highest BCUT2D eigenvalue weighted by Gasteiger charge is 2.36. The van der Waals surface area contributed by atoms with Crippen LogP contribution in [0.5, 0.6) is 0 Å². The van der Waals surface area contributed by atoms with Crippen LogP contribution in [0.25, 0.3) is 0 Å². The number of nitrogens with zero attached hydrogens (tertiary/aromatic N) is 1. The molecule has 0 aromatic heterocycles. The third kappa shape index (κ3) is 8.08. The van der Waals surface area contributed by atoms with E-state index in [4.69, 9.17) is 4.74 Å². The van der Waals surface area contributed by atoms with Crippen LogP contribution in [0.15, 0.2) is 0 Å². The van der Waals surface area contributed by atoms with Gasteiger partial charge in [-0.05, 0) is 33.1 Å². The molecule has 0 spiro atoms. The van der Waals surface area contributed by atoms with Crippen molar-refractivity contribution in [3.05, 3.63) is 0 Å². The van der Waals surface area contributed by atoms with Gasteiger partial charge >= 0.3 is 5.97 Å². The molecule has 1 rings (SSSR count). The molecule has 0 aliphatic carbocycles. The summed E-state index contributed by atoms with van der Waals surface area (Å²) >= 11 is 0. The summed E-state index contributed by atoms with van der Waals surface area (Å²) in [6.45, 7) is 18.1. The Morgan fingerprint density at radius 1 is 1.29 bits per heavy atom. The van der Waals surface area contributed by atoms with E-state index < -0.39 is 11.6 Å². The molecule has 1 amide bonds. The molecule has 1 heterocycles. The maximum absolute atomic E-state index is 12.0. The van der Waals surface area contributed by atoms with Gasteiger partial charge in [0.05, 0.1) is 0 Å². The van der Waals surface area contributed by atoms with Crippen molar-refractivity contribution >= 4 is 11.9 Å². The average molecular weight is 301 g/mol. The van der Waals surface area contributed by atoms with Crippen LogP contribution in [0.4, 0.5) is 0 Å². The van der Waals surface area contributed by atoms with Crippen molar-refractivity contribution in [3.63, 3.8) is 0 Å². The van der Waals surface area contributed by atoms with E-state index >= 15 is 0 Å². The van der Waals surface area contributed by atoms with E-state index in [2.05, 4.69) is 0 Å². The van der Waals surface area contributed by atoms with E-state index in [1.807, 2.05) is 62.3 Å². The fraction of sp³-hybridized carbons (Fsp3) is 0.882. The third-order valence-electron chi connectivity index (χ3n) is 2.79. The quantitative estimate of drug-likeness (QED) is 0.739. The summed E-state index contributed by atoms with van der Waals surface area (Å²) in [6, 6.07) is -0.424. The van der Waals surface area contributed by atoms with E-state index in [1.165, 1.54) is 0 Å². The zero-order valence-corrected chi connectivity index (χ0v) is 15.4.